The molecule has 2 N–H and O–H groups in total. The van der Waals surface area contributed by atoms with Gasteiger partial charge < -0.3 is 15.1 Å². The van der Waals surface area contributed by atoms with E-state index >= 15 is 0 Å². The van der Waals surface area contributed by atoms with Gasteiger partial charge in [-0.1, -0.05) is 12.1 Å². The molecule has 106 valence electrons. The lowest BCUT2D eigenvalue weighted by Gasteiger charge is -2.22. The van der Waals surface area contributed by atoms with Gasteiger partial charge in [0.15, 0.2) is 5.76 Å². The van der Waals surface area contributed by atoms with Gasteiger partial charge in [0, 0.05) is 12.1 Å². The van der Waals surface area contributed by atoms with E-state index in [2.05, 4.69) is 0 Å². The van der Waals surface area contributed by atoms with Crippen molar-refractivity contribution in [3.63, 3.8) is 0 Å². The SMILES string of the molecule is Cc1ccoc1C(=O)N(CCCN)c1ccccc1F. The Morgan fingerprint density at radius 3 is 2.70 bits per heavy atom. The molecule has 5 heteroatoms. The number of amides is 1. The van der Waals surface area contributed by atoms with Gasteiger partial charge in [0.1, 0.15) is 5.82 Å². The summed E-state index contributed by atoms with van der Waals surface area (Å²) in [6, 6.07) is 7.88. The molecule has 1 aromatic heterocycles. The first-order chi connectivity index (χ1) is 9.65. The lowest BCUT2D eigenvalue weighted by atomic mass is 10.2. The zero-order valence-corrected chi connectivity index (χ0v) is 11.3. The Kier molecular flexibility index (Phi) is 4.53. The van der Waals surface area contributed by atoms with Crippen molar-refractivity contribution in [2.24, 2.45) is 5.73 Å². The largest absolute Gasteiger partial charge is 0.459 e. The van der Waals surface area contributed by atoms with Gasteiger partial charge in [0.05, 0.1) is 12.0 Å². The highest BCUT2D eigenvalue weighted by Crippen LogP contribution is 2.22. The predicted octanol–water partition coefficient (Wildman–Crippen LogP) is 2.72. The third kappa shape index (κ3) is 2.88. The molecule has 1 aromatic carbocycles. The van der Waals surface area contributed by atoms with Gasteiger partial charge in [-0.2, -0.15) is 0 Å². The number of nitrogens with zero attached hydrogens (tertiary/aromatic N) is 1. The van der Waals surface area contributed by atoms with Crippen LogP contribution in [0.2, 0.25) is 0 Å². The minimum atomic E-state index is -0.443. The number of carbonyl (C=O) groups is 1. The van der Waals surface area contributed by atoms with Crippen LogP contribution in [0.25, 0.3) is 0 Å². The van der Waals surface area contributed by atoms with Gasteiger partial charge in [-0.15, -0.1) is 0 Å². The maximum absolute atomic E-state index is 13.9. The molecule has 0 aliphatic rings. The van der Waals surface area contributed by atoms with Crippen LogP contribution in [0, 0.1) is 12.7 Å². The Bertz CT molecular complexity index is 595. The topological polar surface area (TPSA) is 59.5 Å². The van der Waals surface area contributed by atoms with Gasteiger partial charge in [0.25, 0.3) is 5.91 Å². The van der Waals surface area contributed by atoms with Crippen molar-refractivity contribution < 1.29 is 13.6 Å². The molecule has 0 unspecified atom stereocenters. The third-order valence-electron chi connectivity index (χ3n) is 3.03. The van der Waals surface area contributed by atoms with E-state index < -0.39 is 5.82 Å². The first-order valence-corrected chi connectivity index (χ1v) is 6.45. The molecule has 0 radical (unpaired) electrons. The lowest BCUT2D eigenvalue weighted by Crippen LogP contribution is -2.33. The predicted molar refractivity (Wildman–Crippen MR) is 75.2 cm³/mol. The average Bonchev–Trinajstić information content (AvgIpc) is 2.87. The summed E-state index contributed by atoms with van der Waals surface area (Å²) in [6.45, 7) is 2.55. The van der Waals surface area contributed by atoms with Crippen molar-refractivity contribution in [3.8, 4) is 0 Å². The summed E-state index contributed by atoms with van der Waals surface area (Å²) in [6.07, 6.45) is 2.03. The van der Waals surface area contributed by atoms with Crippen molar-refractivity contribution >= 4 is 11.6 Å². The molecule has 0 atom stereocenters. The van der Waals surface area contributed by atoms with Gasteiger partial charge >= 0.3 is 0 Å². The monoisotopic (exact) mass is 276 g/mol. The molecule has 0 bridgehead atoms. The molecule has 0 aliphatic heterocycles. The summed E-state index contributed by atoms with van der Waals surface area (Å²) in [7, 11) is 0. The number of hydrogen-bond donors (Lipinski definition) is 1. The molecule has 0 saturated carbocycles. The van der Waals surface area contributed by atoms with Crippen molar-refractivity contribution in [2.45, 2.75) is 13.3 Å². The van der Waals surface area contributed by atoms with E-state index in [-0.39, 0.29) is 17.4 Å². The van der Waals surface area contributed by atoms with E-state index in [1.54, 1.807) is 31.2 Å². The normalized spacial score (nSPS) is 10.6. The maximum Gasteiger partial charge on any atom is 0.294 e. The molecular weight excluding hydrogens is 259 g/mol. The van der Waals surface area contributed by atoms with E-state index in [0.29, 0.717) is 19.5 Å². The molecule has 0 fully saturated rings. The van der Waals surface area contributed by atoms with Crippen LogP contribution in [-0.2, 0) is 0 Å². The summed E-state index contributed by atoms with van der Waals surface area (Å²) < 4.78 is 19.1. The van der Waals surface area contributed by atoms with Crippen LogP contribution in [0.1, 0.15) is 22.5 Å². The number of hydrogen-bond acceptors (Lipinski definition) is 3. The number of benzene rings is 1. The minimum Gasteiger partial charge on any atom is -0.459 e. The Labute approximate surface area is 117 Å². The number of anilines is 1. The smallest absolute Gasteiger partial charge is 0.294 e. The fraction of sp³-hybridized carbons (Fsp3) is 0.267. The van der Waals surface area contributed by atoms with Crippen LogP contribution in [0.4, 0.5) is 10.1 Å². The first kappa shape index (κ1) is 14.3. The zero-order chi connectivity index (χ0) is 14.5. The van der Waals surface area contributed by atoms with Gasteiger partial charge in [0.2, 0.25) is 0 Å². The number of aryl methyl sites for hydroxylation is 1. The van der Waals surface area contributed by atoms with Crippen LogP contribution in [0.15, 0.2) is 41.0 Å². The molecule has 1 amide bonds. The van der Waals surface area contributed by atoms with E-state index in [1.165, 1.54) is 17.2 Å². The molecule has 1 heterocycles. The third-order valence-corrected chi connectivity index (χ3v) is 3.03. The summed E-state index contributed by atoms with van der Waals surface area (Å²) in [5.74, 6) is -0.571. The van der Waals surface area contributed by atoms with Crippen molar-refractivity contribution in [1.82, 2.24) is 0 Å². The highest BCUT2D eigenvalue weighted by Gasteiger charge is 2.23. The van der Waals surface area contributed by atoms with E-state index in [0.717, 1.165) is 5.56 Å². The first-order valence-electron chi connectivity index (χ1n) is 6.45. The van der Waals surface area contributed by atoms with Crippen LogP contribution in [0.3, 0.4) is 0 Å². The summed E-state index contributed by atoms with van der Waals surface area (Å²) >= 11 is 0. The Hall–Kier alpha value is -2.14. The van der Waals surface area contributed by atoms with Crippen LogP contribution in [0.5, 0.6) is 0 Å². The molecule has 2 aromatic rings. The second-order valence-electron chi connectivity index (χ2n) is 4.48. The Morgan fingerprint density at radius 1 is 1.35 bits per heavy atom. The van der Waals surface area contributed by atoms with E-state index in [9.17, 15) is 9.18 Å². The van der Waals surface area contributed by atoms with Gasteiger partial charge in [-0.25, -0.2) is 4.39 Å². The fourth-order valence-corrected chi connectivity index (χ4v) is 1.97. The van der Waals surface area contributed by atoms with Crippen LogP contribution in [-0.4, -0.2) is 19.0 Å². The summed E-state index contributed by atoms with van der Waals surface area (Å²) in [5, 5.41) is 0. The number of para-hydroxylation sites is 1. The molecule has 4 nitrogen and oxygen atoms in total. The lowest BCUT2D eigenvalue weighted by molar-refractivity contribution is 0.0958. The highest BCUT2D eigenvalue weighted by molar-refractivity contribution is 6.05. The van der Waals surface area contributed by atoms with Gasteiger partial charge in [-0.3, -0.25) is 4.79 Å². The second kappa shape index (κ2) is 6.34. The van der Waals surface area contributed by atoms with Crippen molar-refractivity contribution in [2.75, 3.05) is 18.0 Å². The van der Waals surface area contributed by atoms with E-state index in [1.807, 2.05) is 0 Å². The quantitative estimate of drug-likeness (QED) is 0.913. The standard InChI is InChI=1S/C15H17FN2O2/c1-11-7-10-20-14(11)15(19)18(9-4-8-17)13-6-3-2-5-12(13)16/h2-3,5-7,10H,4,8-9,17H2,1H3. The van der Waals surface area contributed by atoms with Crippen molar-refractivity contribution in [3.05, 3.63) is 53.7 Å². The second-order valence-corrected chi connectivity index (χ2v) is 4.48. The molecule has 20 heavy (non-hydrogen) atoms. The molecule has 0 aliphatic carbocycles. The Morgan fingerprint density at radius 2 is 2.10 bits per heavy atom. The molecule has 2 rings (SSSR count). The number of carbonyl (C=O) groups excluding carboxylic acids is 1. The summed E-state index contributed by atoms with van der Waals surface area (Å²) in [5.41, 5.74) is 6.45. The Balaban J connectivity index is 2.35. The number of furan rings is 1. The van der Waals surface area contributed by atoms with E-state index in [4.69, 9.17) is 10.2 Å². The number of rotatable bonds is 5. The number of nitrogens with two attached hydrogens (primary N) is 1. The van der Waals surface area contributed by atoms with Crippen LogP contribution < -0.4 is 10.6 Å². The van der Waals surface area contributed by atoms with Crippen molar-refractivity contribution in [1.29, 1.82) is 0 Å². The summed E-state index contributed by atoms with van der Waals surface area (Å²) in [4.78, 5) is 13.9. The molecule has 0 saturated heterocycles. The molecular formula is C15H17FN2O2. The average molecular weight is 276 g/mol. The minimum absolute atomic E-state index is 0.227. The zero-order valence-electron chi connectivity index (χ0n) is 11.3. The molecule has 0 spiro atoms. The van der Waals surface area contributed by atoms with Gasteiger partial charge in [-0.05, 0) is 38.1 Å². The highest BCUT2D eigenvalue weighted by atomic mass is 19.1. The van der Waals surface area contributed by atoms with Crippen LogP contribution >= 0.6 is 0 Å². The maximum atomic E-state index is 13.9. The fourth-order valence-electron chi connectivity index (χ4n) is 1.97. The number of halogens is 1.